The van der Waals surface area contributed by atoms with Crippen LogP contribution in [0.15, 0.2) is 29.4 Å². The second kappa shape index (κ2) is 5.72. The van der Waals surface area contributed by atoms with Crippen LogP contribution in [0.5, 0.6) is 0 Å². The molecule has 0 spiro atoms. The molecule has 0 N–H and O–H groups in total. The van der Waals surface area contributed by atoms with Gasteiger partial charge < -0.3 is 4.74 Å². The van der Waals surface area contributed by atoms with E-state index in [2.05, 4.69) is 5.10 Å². The van der Waals surface area contributed by atoms with Crippen molar-refractivity contribution in [3.05, 3.63) is 29.8 Å². The van der Waals surface area contributed by atoms with Crippen molar-refractivity contribution < 1.29 is 17.9 Å². The largest absolute Gasteiger partial charge is 0.458 e. The van der Waals surface area contributed by atoms with Crippen molar-refractivity contribution in [3.8, 4) is 0 Å². The topological polar surface area (TPSA) is 76.0 Å². The second-order valence-electron chi connectivity index (χ2n) is 5.69. The fourth-order valence-corrected chi connectivity index (χ4v) is 4.19. The van der Waals surface area contributed by atoms with Gasteiger partial charge in [0.2, 0.25) is 0 Å². The first-order chi connectivity index (χ1) is 10.4. The van der Waals surface area contributed by atoms with Crippen LogP contribution in [-0.4, -0.2) is 44.3 Å². The fourth-order valence-electron chi connectivity index (χ4n) is 2.60. The number of anilines is 1. The minimum atomic E-state index is -3.04. The third-order valence-electron chi connectivity index (χ3n) is 3.84. The number of carbonyl (C=O) groups excluding carboxylic acids is 1. The van der Waals surface area contributed by atoms with Crippen molar-refractivity contribution in [2.24, 2.45) is 5.10 Å². The highest BCUT2D eigenvalue weighted by atomic mass is 32.2. The van der Waals surface area contributed by atoms with E-state index in [1.165, 1.54) is 0 Å². The predicted octanol–water partition coefficient (Wildman–Crippen LogP) is 1.62. The number of carbonyl (C=O) groups is 1. The molecular weight excluding hydrogens is 304 g/mol. The summed E-state index contributed by atoms with van der Waals surface area (Å²) >= 11 is 0. The Balaban J connectivity index is 1.64. The maximum Gasteiger partial charge on any atom is 0.338 e. The van der Waals surface area contributed by atoms with Gasteiger partial charge in [-0.05, 0) is 37.6 Å². The smallest absolute Gasteiger partial charge is 0.338 e. The Morgan fingerprint density at radius 2 is 2.05 bits per heavy atom. The number of hydrogen-bond donors (Lipinski definition) is 0. The first kappa shape index (κ1) is 15.0. The third kappa shape index (κ3) is 3.30. The molecule has 3 rings (SSSR count). The molecule has 0 saturated carbocycles. The average Bonchev–Trinajstić information content (AvgIpc) is 3.05. The number of esters is 1. The molecule has 1 aromatic rings. The van der Waals surface area contributed by atoms with Gasteiger partial charge in [-0.3, -0.25) is 5.01 Å². The molecular formula is C15H18N2O4S. The Bertz CT molecular complexity index is 710. The van der Waals surface area contributed by atoms with E-state index in [1.54, 1.807) is 12.1 Å². The molecule has 1 saturated heterocycles. The molecule has 0 aliphatic carbocycles. The first-order valence-electron chi connectivity index (χ1n) is 7.26. The summed E-state index contributed by atoms with van der Waals surface area (Å²) in [5, 5.41) is 6.30. The summed E-state index contributed by atoms with van der Waals surface area (Å²) in [6.45, 7) is 2.83. The molecule has 7 heteroatoms. The highest BCUT2D eigenvalue weighted by molar-refractivity contribution is 7.91. The van der Waals surface area contributed by atoms with E-state index in [0.717, 1.165) is 24.4 Å². The number of hydrazone groups is 1. The minimum Gasteiger partial charge on any atom is -0.458 e. The van der Waals surface area contributed by atoms with Gasteiger partial charge in [-0.25, -0.2) is 13.2 Å². The van der Waals surface area contributed by atoms with E-state index >= 15 is 0 Å². The van der Waals surface area contributed by atoms with Crippen molar-refractivity contribution in [1.82, 2.24) is 0 Å². The van der Waals surface area contributed by atoms with Gasteiger partial charge in [0.15, 0.2) is 9.84 Å². The molecule has 1 fully saturated rings. The van der Waals surface area contributed by atoms with E-state index in [-0.39, 0.29) is 11.5 Å². The predicted molar refractivity (Wildman–Crippen MR) is 84.0 cm³/mol. The van der Waals surface area contributed by atoms with Crippen LogP contribution in [0.4, 0.5) is 5.69 Å². The van der Waals surface area contributed by atoms with Gasteiger partial charge in [0.1, 0.15) is 6.10 Å². The van der Waals surface area contributed by atoms with Crippen molar-refractivity contribution in [1.29, 1.82) is 0 Å². The molecule has 22 heavy (non-hydrogen) atoms. The van der Waals surface area contributed by atoms with Crippen molar-refractivity contribution in [3.63, 3.8) is 0 Å². The Hall–Kier alpha value is -1.89. The van der Waals surface area contributed by atoms with Gasteiger partial charge in [-0.2, -0.15) is 5.10 Å². The van der Waals surface area contributed by atoms with Crippen LogP contribution in [0, 0.1) is 0 Å². The molecule has 0 bridgehead atoms. The highest BCUT2D eigenvalue weighted by Crippen LogP contribution is 2.21. The summed E-state index contributed by atoms with van der Waals surface area (Å²) < 4.78 is 28.0. The number of sulfone groups is 1. The monoisotopic (exact) mass is 322 g/mol. The van der Waals surface area contributed by atoms with E-state index in [4.69, 9.17) is 4.74 Å². The molecule has 1 unspecified atom stereocenters. The molecule has 2 aliphatic heterocycles. The van der Waals surface area contributed by atoms with Crippen molar-refractivity contribution in [2.75, 3.05) is 23.1 Å². The zero-order valence-corrected chi connectivity index (χ0v) is 13.2. The summed E-state index contributed by atoms with van der Waals surface area (Å²) in [6.07, 6.45) is 0.802. The first-order valence-corrected chi connectivity index (χ1v) is 9.08. The van der Waals surface area contributed by atoms with E-state index in [1.807, 2.05) is 24.1 Å². The van der Waals surface area contributed by atoms with Crippen LogP contribution < -0.4 is 5.01 Å². The van der Waals surface area contributed by atoms with E-state index in [0.29, 0.717) is 12.0 Å². The maximum atomic E-state index is 12.0. The van der Waals surface area contributed by atoms with Crippen LogP contribution in [0.25, 0.3) is 0 Å². The lowest BCUT2D eigenvalue weighted by molar-refractivity contribution is 0.0356. The highest BCUT2D eigenvalue weighted by Gasteiger charge is 2.31. The lowest BCUT2D eigenvalue weighted by Crippen LogP contribution is -2.19. The van der Waals surface area contributed by atoms with Gasteiger partial charge in [-0.15, -0.1) is 0 Å². The second-order valence-corrected chi connectivity index (χ2v) is 7.91. The summed E-state index contributed by atoms with van der Waals surface area (Å²) in [5.41, 5.74) is 2.44. The Labute approximate surface area is 129 Å². The molecule has 0 aromatic heterocycles. The number of hydrogen-bond acceptors (Lipinski definition) is 6. The Morgan fingerprint density at radius 3 is 2.59 bits per heavy atom. The molecule has 118 valence electrons. The molecule has 0 amide bonds. The average molecular weight is 322 g/mol. The summed E-state index contributed by atoms with van der Waals surface area (Å²) in [4.78, 5) is 12.0. The standard InChI is InChI=1S/C15H18N2O4S/c1-11-6-8-17(16-11)13-4-2-12(3-5-13)15(18)21-14-7-9-22(19,20)10-14/h2-5,14H,6-10H2,1H3. The van der Waals surface area contributed by atoms with Crippen LogP contribution in [0.3, 0.4) is 0 Å². The zero-order chi connectivity index (χ0) is 15.7. The Morgan fingerprint density at radius 1 is 1.32 bits per heavy atom. The lowest BCUT2D eigenvalue weighted by Gasteiger charge is -2.14. The Kier molecular flexibility index (Phi) is 3.90. The van der Waals surface area contributed by atoms with Gasteiger partial charge in [-0.1, -0.05) is 0 Å². The van der Waals surface area contributed by atoms with Gasteiger partial charge in [0.05, 0.1) is 22.8 Å². The van der Waals surface area contributed by atoms with Crippen molar-refractivity contribution in [2.45, 2.75) is 25.9 Å². The summed E-state index contributed by atoms with van der Waals surface area (Å²) in [6, 6.07) is 7.02. The van der Waals surface area contributed by atoms with Gasteiger partial charge >= 0.3 is 5.97 Å². The van der Waals surface area contributed by atoms with Crippen LogP contribution in [0.1, 0.15) is 30.1 Å². The van der Waals surface area contributed by atoms with E-state index < -0.39 is 21.9 Å². The number of ether oxygens (including phenoxy) is 1. The van der Waals surface area contributed by atoms with Crippen LogP contribution >= 0.6 is 0 Å². The fraction of sp³-hybridized carbons (Fsp3) is 0.467. The summed E-state index contributed by atoms with van der Waals surface area (Å²) in [7, 11) is -3.04. The van der Waals surface area contributed by atoms with Gasteiger partial charge in [0, 0.05) is 18.7 Å². The lowest BCUT2D eigenvalue weighted by atomic mass is 10.2. The normalized spacial score (nSPS) is 23.4. The number of rotatable bonds is 3. The molecule has 1 atom stereocenters. The SMILES string of the molecule is CC1=NN(c2ccc(C(=O)OC3CCS(=O)(=O)C3)cc2)CC1. The molecule has 0 radical (unpaired) electrons. The third-order valence-corrected chi connectivity index (χ3v) is 5.58. The quantitative estimate of drug-likeness (QED) is 0.790. The van der Waals surface area contributed by atoms with Crippen LogP contribution in [-0.2, 0) is 14.6 Å². The van der Waals surface area contributed by atoms with Gasteiger partial charge in [0.25, 0.3) is 0 Å². The zero-order valence-electron chi connectivity index (χ0n) is 12.4. The molecule has 1 aromatic carbocycles. The van der Waals surface area contributed by atoms with Crippen molar-refractivity contribution >= 4 is 27.2 Å². The summed E-state index contributed by atoms with van der Waals surface area (Å²) in [5.74, 6) is -0.454. The van der Waals surface area contributed by atoms with E-state index in [9.17, 15) is 13.2 Å². The minimum absolute atomic E-state index is 0.0708. The number of benzene rings is 1. The maximum absolute atomic E-state index is 12.0. The molecule has 6 nitrogen and oxygen atoms in total. The molecule has 2 heterocycles. The van der Waals surface area contributed by atoms with Crippen LogP contribution in [0.2, 0.25) is 0 Å². The number of nitrogens with zero attached hydrogens (tertiary/aromatic N) is 2. The molecule has 2 aliphatic rings.